The van der Waals surface area contributed by atoms with E-state index in [-0.39, 0.29) is 31.2 Å². The van der Waals surface area contributed by atoms with E-state index in [9.17, 15) is 27.6 Å². The largest absolute Gasteiger partial charge is 0.481 e. The first kappa shape index (κ1) is 18.5. The number of carboxylic acid groups (broad SMARTS) is 1. The lowest BCUT2D eigenvalue weighted by Crippen LogP contribution is -2.44. The van der Waals surface area contributed by atoms with Crippen molar-refractivity contribution >= 4 is 17.8 Å². The second-order valence-electron chi connectivity index (χ2n) is 6.52. The molecule has 136 valence electrons. The molecule has 2 aliphatic heterocycles. The summed E-state index contributed by atoms with van der Waals surface area (Å²) in [6.07, 6.45) is -2.58. The van der Waals surface area contributed by atoms with Gasteiger partial charge in [0.05, 0.1) is 5.92 Å². The van der Waals surface area contributed by atoms with Crippen molar-refractivity contribution in [3.05, 3.63) is 0 Å². The van der Waals surface area contributed by atoms with Crippen LogP contribution >= 0.6 is 0 Å². The average molecular weight is 350 g/mol. The van der Waals surface area contributed by atoms with Gasteiger partial charge in [0.1, 0.15) is 6.54 Å². The molecule has 2 rings (SSSR count). The van der Waals surface area contributed by atoms with Crippen LogP contribution in [0.2, 0.25) is 0 Å². The number of carbonyl (C=O) groups excluding carboxylic acids is 2. The van der Waals surface area contributed by atoms with Crippen LogP contribution < -0.4 is 0 Å². The standard InChI is InChI=1S/C15H21F3N2O4/c16-15(17,18)9-20-8-11(6-12(20)21)14(24)19-5-1-2-10(7-19)3-4-13(22)23/h10-11H,1-9H2,(H,22,23)/t10-,11-/m1/s1. The summed E-state index contributed by atoms with van der Waals surface area (Å²) in [7, 11) is 0. The Bertz CT molecular complexity index is 509. The Hall–Kier alpha value is -1.80. The van der Waals surface area contributed by atoms with Crippen LogP contribution in [-0.2, 0) is 14.4 Å². The summed E-state index contributed by atoms with van der Waals surface area (Å²) >= 11 is 0. The third-order valence-corrected chi connectivity index (χ3v) is 4.53. The number of nitrogens with zero attached hydrogens (tertiary/aromatic N) is 2. The fraction of sp³-hybridized carbons (Fsp3) is 0.800. The Labute approximate surface area is 137 Å². The molecule has 0 radical (unpaired) electrons. The Morgan fingerprint density at radius 2 is 1.96 bits per heavy atom. The van der Waals surface area contributed by atoms with Gasteiger partial charge >= 0.3 is 12.1 Å². The van der Waals surface area contributed by atoms with Crippen LogP contribution in [0.25, 0.3) is 0 Å². The SMILES string of the molecule is O=C(O)CC[C@H]1CCCN(C(=O)[C@@H]2CC(=O)N(CC(F)(F)F)C2)C1. The number of amides is 2. The number of halogens is 3. The first-order valence-electron chi connectivity index (χ1n) is 8.01. The summed E-state index contributed by atoms with van der Waals surface area (Å²) < 4.78 is 37.3. The van der Waals surface area contributed by atoms with Gasteiger partial charge in [-0.05, 0) is 25.2 Å². The molecule has 0 aliphatic carbocycles. The van der Waals surface area contributed by atoms with Crippen LogP contribution in [0.3, 0.4) is 0 Å². The first-order valence-corrected chi connectivity index (χ1v) is 8.01. The Morgan fingerprint density at radius 1 is 1.25 bits per heavy atom. The predicted octanol–water partition coefficient (Wildman–Crippen LogP) is 1.50. The monoisotopic (exact) mass is 350 g/mol. The molecular formula is C15H21F3N2O4. The summed E-state index contributed by atoms with van der Waals surface area (Å²) in [5.41, 5.74) is 0. The molecule has 2 amide bonds. The molecule has 9 heteroatoms. The summed E-state index contributed by atoms with van der Waals surface area (Å²) in [5, 5.41) is 8.73. The molecule has 0 bridgehead atoms. The van der Waals surface area contributed by atoms with Crippen molar-refractivity contribution < 1.29 is 32.7 Å². The number of rotatable bonds is 5. The number of carbonyl (C=O) groups is 3. The van der Waals surface area contributed by atoms with Crippen molar-refractivity contribution in [3.63, 3.8) is 0 Å². The highest BCUT2D eigenvalue weighted by molar-refractivity contribution is 5.89. The zero-order chi connectivity index (χ0) is 17.9. The van der Waals surface area contributed by atoms with Crippen LogP contribution in [-0.4, -0.2) is 65.0 Å². The van der Waals surface area contributed by atoms with Crippen LogP contribution in [0.5, 0.6) is 0 Å². The normalized spacial score (nSPS) is 25.2. The van der Waals surface area contributed by atoms with Gasteiger partial charge in [-0.2, -0.15) is 13.2 Å². The van der Waals surface area contributed by atoms with Crippen molar-refractivity contribution in [3.8, 4) is 0 Å². The van der Waals surface area contributed by atoms with Gasteiger partial charge in [-0.25, -0.2) is 0 Å². The molecule has 2 saturated heterocycles. The van der Waals surface area contributed by atoms with Crippen LogP contribution in [0.4, 0.5) is 13.2 Å². The molecule has 2 aliphatic rings. The topological polar surface area (TPSA) is 77.9 Å². The van der Waals surface area contributed by atoms with Crippen LogP contribution in [0, 0.1) is 11.8 Å². The number of hydrogen-bond donors (Lipinski definition) is 1. The second-order valence-corrected chi connectivity index (χ2v) is 6.52. The highest BCUT2D eigenvalue weighted by Crippen LogP contribution is 2.27. The molecule has 0 saturated carbocycles. The van der Waals surface area contributed by atoms with Crippen LogP contribution in [0.15, 0.2) is 0 Å². The number of piperidine rings is 1. The maximum absolute atomic E-state index is 12.5. The Morgan fingerprint density at radius 3 is 2.58 bits per heavy atom. The number of likely N-dealkylation sites (tertiary alicyclic amines) is 2. The predicted molar refractivity (Wildman–Crippen MR) is 76.9 cm³/mol. The summed E-state index contributed by atoms with van der Waals surface area (Å²) in [6.45, 7) is -0.604. The number of alkyl halides is 3. The van der Waals surface area contributed by atoms with Gasteiger partial charge in [0.25, 0.3) is 0 Å². The molecule has 6 nitrogen and oxygen atoms in total. The fourth-order valence-electron chi connectivity index (χ4n) is 3.39. The number of aliphatic carboxylic acids is 1. The van der Waals surface area contributed by atoms with E-state index in [1.54, 1.807) is 4.90 Å². The Balaban J connectivity index is 1.89. The van der Waals surface area contributed by atoms with E-state index in [1.807, 2.05) is 0 Å². The molecule has 2 heterocycles. The van der Waals surface area contributed by atoms with Gasteiger partial charge in [-0.3, -0.25) is 14.4 Å². The van der Waals surface area contributed by atoms with Crippen molar-refractivity contribution in [2.75, 3.05) is 26.2 Å². The first-order chi connectivity index (χ1) is 11.2. The lowest BCUT2D eigenvalue weighted by atomic mass is 9.92. The molecule has 2 atom stereocenters. The molecule has 0 aromatic heterocycles. The van der Waals surface area contributed by atoms with E-state index in [0.717, 1.165) is 12.8 Å². The number of hydrogen-bond acceptors (Lipinski definition) is 3. The highest BCUT2D eigenvalue weighted by atomic mass is 19.4. The highest BCUT2D eigenvalue weighted by Gasteiger charge is 2.42. The van der Waals surface area contributed by atoms with Gasteiger partial charge in [0, 0.05) is 32.5 Å². The minimum Gasteiger partial charge on any atom is -0.481 e. The molecule has 0 aromatic rings. The lowest BCUT2D eigenvalue weighted by Gasteiger charge is -2.34. The van der Waals surface area contributed by atoms with Crippen LogP contribution in [0.1, 0.15) is 32.1 Å². The van der Waals surface area contributed by atoms with Crippen molar-refractivity contribution in [2.45, 2.75) is 38.3 Å². The van der Waals surface area contributed by atoms with E-state index < -0.39 is 30.5 Å². The second kappa shape index (κ2) is 7.40. The summed E-state index contributed by atoms with van der Waals surface area (Å²) in [6, 6.07) is 0. The zero-order valence-corrected chi connectivity index (χ0v) is 13.2. The fourth-order valence-corrected chi connectivity index (χ4v) is 3.39. The number of carboxylic acids is 1. The third-order valence-electron chi connectivity index (χ3n) is 4.53. The van der Waals surface area contributed by atoms with Gasteiger partial charge in [-0.15, -0.1) is 0 Å². The minimum atomic E-state index is -4.47. The third kappa shape index (κ3) is 5.10. The van der Waals surface area contributed by atoms with Gasteiger partial charge < -0.3 is 14.9 Å². The van der Waals surface area contributed by atoms with Gasteiger partial charge in [0.2, 0.25) is 11.8 Å². The average Bonchev–Trinajstić information content (AvgIpc) is 2.84. The Kier molecular flexibility index (Phi) is 5.71. The van der Waals surface area contributed by atoms with Gasteiger partial charge in [0.15, 0.2) is 0 Å². The molecular weight excluding hydrogens is 329 g/mol. The molecule has 0 aromatic carbocycles. The van der Waals surface area contributed by atoms with Gasteiger partial charge in [-0.1, -0.05) is 0 Å². The maximum atomic E-state index is 12.5. The summed E-state index contributed by atoms with van der Waals surface area (Å²) in [5.74, 6) is -2.49. The molecule has 0 unspecified atom stereocenters. The molecule has 0 spiro atoms. The van der Waals surface area contributed by atoms with E-state index in [4.69, 9.17) is 5.11 Å². The van der Waals surface area contributed by atoms with E-state index >= 15 is 0 Å². The van der Waals surface area contributed by atoms with Crippen molar-refractivity contribution in [1.82, 2.24) is 9.80 Å². The maximum Gasteiger partial charge on any atom is 0.406 e. The van der Waals surface area contributed by atoms with Crippen molar-refractivity contribution in [1.29, 1.82) is 0 Å². The summed E-state index contributed by atoms with van der Waals surface area (Å²) in [4.78, 5) is 37.1. The molecule has 24 heavy (non-hydrogen) atoms. The van der Waals surface area contributed by atoms with Crippen molar-refractivity contribution in [2.24, 2.45) is 11.8 Å². The van der Waals surface area contributed by atoms with E-state index in [2.05, 4.69) is 0 Å². The minimum absolute atomic E-state index is 0.0357. The molecule has 1 N–H and O–H groups in total. The van der Waals surface area contributed by atoms with E-state index in [1.165, 1.54) is 0 Å². The van der Waals surface area contributed by atoms with E-state index in [0.29, 0.717) is 24.4 Å². The smallest absolute Gasteiger partial charge is 0.406 e. The zero-order valence-electron chi connectivity index (χ0n) is 13.2. The molecule has 2 fully saturated rings. The lowest BCUT2D eigenvalue weighted by molar-refractivity contribution is -0.157. The quantitative estimate of drug-likeness (QED) is 0.815.